The van der Waals surface area contributed by atoms with Gasteiger partial charge in [0.15, 0.2) is 0 Å². The standard InChI is InChI=1S/C22H23FN4O3/c23-14-9-10-18(17(24)12-14)26-20(28)8-2-1-5-11-25-21(29)13-19-15-6-3-4-7-16(15)22(30)27-19/h3-4,6-7,9-10,12-13H,1-2,5,8,11,24H2,(H,25,29)(H,26,28)(H,27,30)/b19-13-. The maximum absolute atomic E-state index is 13.0. The molecule has 0 radical (unpaired) electrons. The van der Waals surface area contributed by atoms with Crippen molar-refractivity contribution in [2.24, 2.45) is 0 Å². The molecule has 2 aromatic rings. The van der Waals surface area contributed by atoms with E-state index in [4.69, 9.17) is 5.73 Å². The number of benzene rings is 2. The second-order valence-corrected chi connectivity index (χ2v) is 6.94. The number of unbranched alkanes of at least 4 members (excludes halogenated alkanes) is 2. The third-order valence-electron chi connectivity index (χ3n) is 4.65. The molecule has 30 heavy (non-hydrogen) atoms. The summed E-state index contributed by atoms with van der Waals surface area (Å²) in [6, 6.07) is 10.9. The molecule has 0 unspecified atom stereocenters. The van der Waals surface area contributed by atoms with Gasteiger partial charge in [0.25, 0.3) is 5.91 Å². The highest BCUT2D eigenvalue weighted by Gasteiger charge is 2.23. The molecule has 5 N–H and O–H groups in total. The van der Waals surface area contributed by atoms with E-state index in [0.29, 0.717) is 48.3 Å². The van der Waals surface area contributed by atoms with E-state index in [1.54, 1.807) is 18.2 Å². The topological polar surface area (TPSA) is 113 Å². The van der Waals surface area contributed by atoms with Crippen molar-refractivity contribution in [3.05, 3.63) is 65.5 Å². The first-order valence-electron chi connectivity index (χ1n) is 9.69. The minimum atomic E-state index is -0.456. The number of hydrogen-bond acceptors (Lipinski definition) is 4. The minimum Gasteiger partial charge on any atom is -0.397 e. The van der Waals surface area contributed by atoms with E-state index in [9.17, 15) is 18.8 Å². The zero-order valence-corrected chi connectivity index (χ0v) is 16.3. The van der Waals surface area contributed by atoms with Gasteiger partial charge in [-0.1, -0.05) is 24.6 Å². The summed E-state index contributed by atoms with van der Waals surface area (Å²) < 4.78 is 13.0. The molecular weight excluding hydrogens is 387 g/mol. The Morgan fingerprint density at radius 2 is 1.83 bits per heavy atom. The van der Waals surface area contributed by atoms with Crippen LogP contribution in [0.15, 0.2) is 48.5 Å². The molecule has 1 heterocycles. The van der Waals surface area contributed by atoms with Gasteiger partial charge < -0.3 is 21.7 Å². The zero-order valence-electron chi connectivity index (χ0n) is 16.3. The molecule has 0 bridgehead atoms. The molecule has 7 nitrogen and oxygen atoms in total. The lowest BCUT2D eigenvalue weighted by Crippen LogP contribution is -2.24. The Morgan fingerprint density at radius 3 is 2.60 bits per heavy atom. The predicted molar refractivity (Wildman–Crippen MR) is 113 cm³/mol. The molecule has 2 aromatic carbocycles. The minimum absolute atomic E-state index is 0.182. The zero-order chi connectivity index (χ0) is 21.5. The fourth-order valence-electron chi connectivity index (χ4n) is 3.13. The van der Waals surface area contributed by atoms with Gasteiger partial charge in [0.2, 0.25) is 11.8 Å². The maximum atomic E-state index is 13.0. The molecule has 0 aromatic heterocycles. The normalized spacial score (nSPS) is 13.6. The molecule has 8 heteroatoms. The van der Waals surface area contributed by atoms with Gasteiger partial charge in [-0.15, -0.1) is 0 Å². The number of rotatable bonds is 8. The maximum Gasteiger partial charge on any atom is 0.256 e. The fourth-order valence-corrected chi connectivity index (χ4v) is 3.13. The molecule has 3 rings (SSSR count). The average Bonchev–Trinajstić information content (AvgIpc) is 3.02. The van der Waals surface area contributed by atoms with Gasteiger partial charge in [-0.3, -0.25) is 14.4 Å². The lowest BCUT2D eigenvalue weighted by atomic mass is 10.1. The SMILES string of the molecule is Nc1cc(F)ccc1NC(=O)CCCCCNC(=O)/C=C1\NC(=O)c2ccccc21. The van der Waals surface area contributed by atoms with E-state index in [1.807, 2.05) is 6.07 Å². The Morgan fingerprint density at radius 1 is 1.07 bits per heavy atom. The molecule has 0 aliphatic carbocycles. The van der Waals surface area contributed by atoms with Gasteiger partial charge in [0, 0.05) is 30.2 Å². The first kappa shape index (κ1) is 21.0. The van der Waals surface area contributed by atoms with Crippen molar-refractivity contribution < 1.29 is 18.8 Å². The summed E-state index contributed by atoms with van der Waals surface area (Å²) >= 11 is 0. The van der Waals surface area contributed by atoms with Crippen LogP contribution in [0.5, 0.6) is 0 Å². The van der Waals surface area contributed by atoms with Crippen LogP contribution in [0.4, 0.5) is 15.8 Å². The Balaban J connectivity index is 1.34. The van der Waals surface area contributed by atoms with Crippen LogP contribution in [0.2, 0.25) is 0 Å². The van der Waals surface area contributed by atoms with E-state index in [0.717, 1.165) is 12.5 Å². The predicted octanol–water partition coefficient (Wildman–Crippen LogP) is 2.81. The third-order valence-corrected chi connectivity index (χ3v) is 4.65. The number of halogens is 1. The number of nitrogens with one attached hydrogen (secondary N) is 3. The molecule has 0 spiro atoms. The number of anilines is 2. The molecule has 0 fully saturated rings. The number of fused-ring (bicyclic) bond motifs is 1. The van der Waals surface area contributed by atoms with Gasteiger partial charge in [-0.25, -0.2) is 4.39 Å². The molecule has 3 amide bonds. The lowest BCUT2D eigenvalue weighted by Gasteiger charge is -2.08. The number of nitrogens with two attached hydrogens (primary N) is 1. The van der Waals surface area contributed by atoms with E-state index < -0.39 is 5.82 Å². The number of nitrogen functional groups attached to an aromatic ring is 1. The van der Waals surface area contributed by atoms with Crippen LogP contribution in [0.25, 0.3) is 5.70 Å². The first-order valence-corrected chi connectivity index (χ1v) is 9.69. The van der Waals surface area contributed by atoms with Crippen molar-refractivity contribution in [3.8, 4) is 0 Å². The van der Waals surface area contributed by atoms with Crippen LogP contribution in [0.1, 0.15) is 41.6 Å². The highest BCUT2D eigenvalue weighted by molar-refractivity contribution is 6.12. The van der Waals surface area contributed by atoms with E-state index in [-0.39, 0.29) is 23.4 Å². The smallest absolute Gasteiger partial charge is 0.256 e. The lowest BCUT2D eigenvalue weighted by molar-refractivity contribution is -0.117. The summed E-state index contributed by atoms with van der Waals surface area (Å²) in [6.45, 7) is 0.463. The van der Waals surface area contributed by atoms with Crippen LogP contribution in [-0.2, 0) is 9.59 Å². The summed E-state index contributed by atoms with van der Waals surface area (Å²) in [4.78, 5) is 35.9. The molecular formula is C22H23FN4O3. The van der Waals surface area contributed by atoms with Crippen molar-refractivity contribution in [2.75, 3.05) is 17.6 Å². The van der Waals surface area contributed by atoms with Gasteiger partial charge in [0.05, 0.1) is 17.1 Å². The Kier molecular flexibility index (Phi) is 6.79. The molecule has 0 saturated heterocycles. The van der Waals surface area contributed by atoms with Gasteiger partial charge >= 0.3 is 0 Å². The quantitative estimate of drug-likeness (QED) is 0.304. The number of carbonyl (C=O) groups is 3. The fraction of sp³-hybridized carbons (Fsp3) is 0.227. The second kappa shape index (κ2) is 9.69. The average molecular weight is 410 g/mol. The van der Waals surface area contributed by atoms with Gasteiger partial charge in [-0.05, 0) is 37.1 Å². The van der Waals surface area contributed by atoms with E-state index >= 15 is 0 Å². The molecule has 0 saturated carbocycles. The molecule has 0 atom stereocenters. The van der Waals surface area contributed by atoms with Crippen LogP contribution < -0.4 is 21.7 Å². The van der Waals surface area contributed by atoms with Gasteiger partial charge in [0.1, 0.15) is 5.82 Å². The Labute approximate surface area is 173 Å². The molecule has 156 valence electrons. The van der Waals surface area contributed by atoms with Crippen molar-refractivity contribution in [3.63, 3.8) is 0 Å². The Bertz CT molecular complexity index is 1000. The number of carbonyl (C=O) groups excluding carboxylic acids is 3. The summed E-state index contributed by atoms with van der Waals surface area (Å²) in [7, 11) is 0. The van der Waals surface area contributed by atoms with Gasteiger partial charge in [-0.2, -0.15) is 0 Å². The highest BCUT2D eigenvalue weighted by atomic mass is 19.1. The monoisotopic (exact) mass is 410 g/mol. The summed E-state index contributed by atoms with van der Waals surface area (Å²) in [5.41, 5.74) is 7.99. The number of hydrogen-bond donors (Lipinski definition) is 4. The van der Waals surface area contributed by atoms with Crippen LogP contribution in [-0.4, -0.2) is 24.3 Å². The number of amides is 3. The highest BCUT2D eigenvalue weighted by Crippen LogP contribution is 2.23. The third kappa shape index (κ3) is 5.44. The van der Waals surface area contributed by atoms with Crippen LogP contribution in [0, 0.1) is 5.82 Å². The van der Waals surface area contributed by atoms with Crippen LogP contribution in [0.3, 0.4) is 0 Å². The van der Waals surface area contributed by atoms with E-state index in [2.05, 4.69) is 16.0 Å². The van der Waals surface area contributed by atoms with Crippen molar-refractivity contribution in [2.45, 2.75) is 25.7 Å². The van der Waals surface area contributed by atoms with E-state index in [1.165, 1.54) is 18.2 Å². The van der Waals surface area contributed by atoms with Crippen molar-refractivity contribution >= 4 is 34.8 Å². The summed E-state index contributed by atoms with van der Waals surface area (Å²) in [5.74, 6) is -1.16. The summed E-state index contributed by atoms with van der Waals surface area (Å²) in [5, 5.41) is 8.12. The first-order chi connectivity index (χ1) is 14.4. The van der Waals surface area contributed by atoms with Crippen LogP contribution >= 0.6 is 0 Å². The summed E-state index contributed by atoms with van der Waals surface area (Å²) in [6.07, 6.45) is 3.79. The molecule has 1 aliphatic rings. The Hall–Kier alpha value is -3.68. The largest absolute Gasteiger partial charge is 0.397 e. The second-order valence-electron chi connectivity index (χ2n) is 6.94. The van der Waals surface area contributed by atoms with Crippen molar-refractivity contribution in [1.82, 2.24) is 10.6 Å². The van der Waals surface area contributed by atoms with Crippen molar-refractivity contribution in [1.29, 1.82) is 0 Å². The molecule has 1 aliphatic heterocycles.